The Balaban J connectivity index is 2.23. The number of anilines is 2. The van der Waals surface area contributed by atoms with Crippen LogP contribution in [-0.4, -0.2) is 18.6 Å². The molecule has 2 N–H and O–H groups in total. The topological polar surface area (TPSA) is 38.5 Å². The van der Waals surface area contributed by atoms with E-state index in [1.54, 1.807) is 7.11 Å². The number of hydrogen-bond acceptors (Lipinski definition) is 5. The van der Waals surface area contributed by atoms with Gasteiger partial charge in [-0.3, -0.25) is 3.71 Å². The molecule has 1 aromatic carbocycles. The van der Waals surface area contributed by atoms with Gasteiger partial charge in [-0.05, 0) is 42.1 Å². The largest absolute Gasteiger partial charge is 0.495 e. The molecule has 1 aromatic rings. The summed E-state index contributed by atoms with van der Waals surface area (Å²) in [7, 11) is 1.63. The van der Waals surface area contributed by atoms with Crippen LogP contribution >= 0.6 is 23.9 Å². The van der Waals surface area contributed by atoms with E-state index in [0.717, 1.165) is 22.9 Å². The fourth-order valence-corrected chi connectivity index (χ4v) is 3.46. The van der Waals surface area contributed by atoms with Crippen molar-refractivity contribution in [2.24, 2.45) is 0 Å². The monoisotopic (exact) mass is 228 g/mol. The number of nitrogen functional groups attached to an aromatic ring is 1. The third-order valence-electron chi connectivity index (χ3n) is 1.92. The zero-order valence-corrected chi connectivity index (χ0v) is 9.53. The number of nitrogens with two attached hydrogens (primary N) is 1. The van der Waals surface area contributed by atoms with Gasteiger partial charge in [0.1, 0.15) is 5.75 Å². The molecule has 14 heavy (non-hydrogen) atoms. The lowest BCUT2D eigenvalue weighted by atomic mass is 10.2. The Bertz CT molecular complexity index is 327. The van der Waals surface area contributed by atoms with Crippen molar-refractivity contribution in [1.29, 1.82) is 0 Å². The molecule has 0 amide bonds. The minimum absolute atomic E-state index is 0.693. The van der Waals surface area contributed by atoms with E-state index >= 15 is 0 Å². The van der Waals surface area contributed by atoms with Crippen LogP contribution in [0.3, 0.4) is 0 Å². The van der Waals surface area contributed by atoms with Gasteiger partial charge in [0.25, 0.3) is 0 Å². The van der Waals surface area contributed by atoms with E-state index < -0.39 is 0 Å². The highest BCUT2D eigenvalue weighted by atomic mass is 32.2. The molecule has 5 heteroatoms. The number of hydrogen-bond donors (Lipinski definition) is 1. The fourth-order valence-electron chi connectivity index (χ4n) is 1.26. The Hall–Kier alpha value is -0.680. The summed E-state index contributed by atoms with van der Waals surface area (Å²) in [5.74, 6) is 3.07. The maximum atomic E-state index is 5.83. The first-order valence-electron chi connectivity index (χ1n) is 4.31. The molecule has 1 aliphatic heterocycles. The van der Waals surface area contributed by atoms with Crippen molar-refractivity contribution in [2.75, 3.05) is 28.1 Å². The first kappa shape index (κ1) is 9.86. The quantitative estimate of drug-likeness (QED) is 0.621. The highest BCUT2D eigenvalue weighted by Crippen LogP contribution is 2.38. The molecule has 0 spiro atoms. The third kappa shape index (κ3) is 1.88. The van der Waals surface area contributed by atoms with Crippen LogP contribution in [0, 0.1) is 0 Å². The van der Waals surface area contributed by atoms with Crippen LogP contribution in [-0.2, 0) is 0 Å². The molecule has 3 nitrogen and oxygen atoms in total. The second-order valence-corrected chi connectivity index (χ2v) is 5.14. The smallest absolute Gasteiger partial charge is 0.141 e. The fraction of sp³-hybridized carbons (Fsp3) is 0.333. The van der Waals surface area contributed by atoms with Gasteiger partial charge in [0.15, 0.2) is 0 Å². The minimum atomic E-state index is 0.693. The summed E-state index contributed by atoms with van der Waals surface area (Å²) in [5.41, 5.74) is 7.66. The van der Waals surface area contributed by atoms with Gasteiger partial charge < -0.3 is 10.5 Å². The molecular formula is C9H12N2OS2. The van der Waals surface area contributed by atoms with E-state index in [0.29, 0.717) is 5.69 Å². The predicted octanol–water partition coefficient (Wildman–Crippen LogP) is 2.39. The van der Waals surface area contributed by atoms with Gasteiger partial charge in [-0.25, -0.2) is 0 Å². The lowest BCUT2D eigenvalue weighted by molar-refractivity contribution is 0.417. The Morgan fingerprint density at radius 1 is 1.36 bits per heavy atom. The summed E-state index contributed by atoms with van der Waals surface area (Å²) in [6, 6.07) is 5.88. The molecule has 0 unspecified atom stereocenters. The van der Waals surface area contributed by atoms with Crippen molar-refractivity contribution in [3.63, 3.8) is 0 Å². The van der Waals surface area contributed by atoms with Gasteiger partial charge in [-0.1, -0.05) is 0 Å². The summed E-state index contributed by atoms with van der Waals surface area (Å²) < 4.78 is 7.30. The Morgan fingerprint density at radius 2 is 2.07 bits per heavy atom. The second-order valence-electron chi connectivity index (χ2n) is 2.85. The molecule has 0 aliphatic carbocycles. The highest BCUT2D eigenvalue weighted by Gasteiger charge is 2.15. The molecule has 0 radical (unpaired) electrons. The van der Waals surface area contributed by atoms with Crippen LogP contribution in [0.1, 0.15) is 0 Å². The van der Waals surface area contributed by atoms with Crippen molar-refractivity contribution >= 4 is 35.3 Å². The van der Waals surface area contributed by atoms with E-state index in [9.17, 15) is 0 Å². The van der Waals surface area contributed by atoms with E-state index in [4.69, 9.17) is 10.5 Å². The molecule has 2 rings (SSSR count). The van der Waals surface area contributed by atoms with Gasteiger partial charge in [0.05, 0.1) is 18.5 Å². The van der Waals surface area contributed by atoms with Crippen LogP contribution in [0.25, 0.3) is 0 Å². The number of methoxy groups -OCH3 is 1. The number of ether oxygens (including phenoxy) is 1. The van der Waals surface area contributed by atoms with Crippen LogP contribution in [0.15, 0.2) is 18.2 Å². The maximum absolute atomic E-state index is 5.83. The van der Waals surface area contributed by atoms with Crippen LogP contribution in [0.5, 0.6) is 5.75 Å². The Kier molecular flexibility index (Phi) is 2.98. The Morgan fingerprint density at radius 3 is 2.64 bits per heavy atom. The second kappa shape index (κ2) is 4.23. The molecule has 1 saturated heterocycles. The van der Waals surface area contributed by atoms with Gasteiger partial charge in [0.2, 0.25) is 0 Å². The zero-order valence-electron chi connectivity index (χ0n) is 7.90. The van der Waals surface area contributed by atoms with E-state index in [1.165, 1.54) is 0 Å². The summed E-state index contributed by atoms with van der Waals surface area (Å²) in [6.07, 6.45) is 0. The number of nitrogens with zero attached hydrogens (tertiary/aromatic N) is 1. The number of rotatable bonds is 2. The van der Waals surface area contributed by atoms with Gasteiger partial charge in [-0.15, -0.1) is 0 Å². The third-order valence-corrected chi connectivity index (χ3v) is 4.48. The molecule has 0 atom stereocenters. The van der Waals surface area contributed by atoms with Crippen molar-refractivity contribution in [2.45, 2.75) is 0 Å². The van der Waals surface area contributed by atoms with E-state index in [-0.39, 0.29) is 0 Å². The van der Waals surface area contributed by atoms with Crippen LogP contribution < -0.4 is 14.2 Å². The van der Waals surface area contributed by atoms with Crippen molar-refractivity contribution in [3.8, 4) is 5.75 Å². The SMILES string of the molecule is COc1ccc(N2SCCS2)cc1N. The average molecular weight is 228 g/mol. The minimum Gasteiger partial charge on any atom is -0.495 e. The van der Waals surface area contributed by atoms with Gasteiger partial charge in [0, 0.05) is 11.5 Å². The highest BCUT2D eigenvalue weighted by molar-refractivity contribution is 8.21. The average Bonchev–Trinajstić information content (AvgIpc) is 2.70. The molecular weight excluding hydrogens is 216 g/mol. The molecule has 76 valence electrons. The summed E-state index contributed by atoms with van der Waals surface area (Å²) in [6.45, 7) is 0. The van der Waals surface area contributed by atoms with Crippen molar-refractivity contribution in [3.05, 3.63) is 18.2 Å². The predicted molar refractivity (Wildman–Crippen MR) is 64.8 cm³/mol. The zero-order chi connectivity index (χ0) is 9.97. The Labute approximate surface area is 92.3 Å². The summed E-state index contributed by atoms with van der Waals surface area (Å²) >= 11 is 3.64. The summed E-state index contributed by atoms with van der Waals surface area (Å²) in [5, 5.41) is 0. The first-order chi connectivity index (χ1) is 6.81. The van der Waals surface area contributed by atoms with E-state index in [1.807, 2.05) is 42.1 Å². The van der Waals surface area contributed by atoms with E-state index in [2.05, 4.69) is 3.71 Å². The standard InChI is InChI=1S/C9H12N2OS2/c1-12-9-3-2-7(6-8(9)10)11-13-4-5-14-11/h2-3,6H,4-5,10H2,1H3. The maximum Gasteiger partial charge on any atom is 0.141 e. The normalized spacial score (nSPS) is 15.9. The van der Waals surface area contributed by atoms with Crippen LogP contribution in [0.4, 0.5) is 11.4 Å². The summed E-state index contributed by atoms with van der Waals surface area (Å²) in [4.78, 5) is 0. The van der Waals surface area contributed by atoms with Gasteiger partial charge >= 0.3 is 0 Å². The lowest BCUT2D eigenvalue weighted by Gasteiger charge is -2.15. The molecule has 1 fully saturated rings. The van der Waals surface area contributed by atoms with Crippen molar-refractivity contribution in [1.82, 2.24) is 0 Å². The molecule has 0 bridgehead atoms. The lowest BCUT2D eigenvalue weighted by Crippen LogP contribution is -1.99. The van der Waals surface area contributed by atoms with Gasteiger partial charge in [-0.2, -0.15) is 0 Å². The number of benzene rings is 1. The van der Waals surface area contributed by atoms with Crippen molar-refractivity contribution < 1.29 is 4.74 Å². The molecule has 1 heterocycles. The first-order valence-corrected chi connectivity index (χ1v) is 6.19. The molecule has 0 aromatic heterocycles. The van der Waals surface area contributed by atoms with Crippen LogP contribution in [0.2, 0.25) is 0 Å². The molecule has 1 aliphatic rings. The molecule has 0 saturated carbocycles.